The Balaban J connectivity index is 1.97. The largest absolute Gasteiger partial charge is 0.493 e. The van der Waals surface area contributed by atoms with Crippen LogP contribution in [0.1, 0.15) is 41.5 Å². The van der Waals surface area contributed by atoms with Gasteiger partial charge in [-0.1, -0.05) is 24.3 Å². The average molecular weight is 450 g/mol. The van der Waals surface area contributed by atoms with Gasteiger partial charge in [0.25, 0.3) is 16.9 Å². The number of hydrogen-bond acceptors (Lipinski definition) is 6. The number of para-hydroxylation sites is 4. The molecule has 0 saturated carbocycles. The van der Waals surface area contributed by atoms with E-state index < -0.39 is 16.9 Å². The number of rotatable bonds is 6. The second-order valence-electron chi connectivity index (χ2n) is 8.91. The van der Waals surface area contributed by atoms with E-state index in [9.17, 15) is 0 Å². The van der Waals surface area contributed by atoms with Gasteiger partial charge in [0.2, 0.25) is 0 Å². The number of nitrogens with zero attached hydrogens (tertiary/aromatic N) is 2. The zero-order chi connectivity index (χ0) is 22.1. The highest BCUT2D eigenvalue weighted by Crippen LogP contribution is 2.81. The minimum Gasteiger partial charge on any atom is -0.493 e. The van der Waals surface area contributed by atoms with Crippen LogP contribution in [0, 0.1) is 0 Å². The normalized spacial score (nSPS) is 20.4. The summed E-state index contributed by atoms with van der Waals surface area (Å²) in [5.41, 5.74) is -0.299. The van der Waals surface area contributed by atoms with Gasteiger partial charge in [-0.05, 0) is 65.8 Å². The fourth-order valence-electron chi connectivity index (χ4n) is 3.01. The summed E-state index contributed by atoms with van der Waals surface area (Å²) in [6.45, 7) is 13.1. The van der Waals surface area contributed by atoms with Gasteiger partial charge in [-0.25, -0.2) is 0 Å². The number of methoxy groups -OCH3 is 2. The van der Waals surface area contributed by atoms with Crippen molar-refractivity contribution in [3.05, 3.63) is 48.5 Å². The van der Waals surface area contributed by atoms with Crippen molar-refractivity contribution in [1.29, 1.82) is 0 Å². The topological polar surface area (TPSA) is 43.4 Å². The molecule has 6 nitrogen and oxygen atoms in total. The van der Waals surface area contributed by atoms with Gasteiger partial charge in [0, 0.05) is 11.1 Å². The predicted octanol–water partition coefficient (Wildman–Crippen LogP) is 6.83. The quantitative estimate of drug-likeness (QED) is 0.450. The molecule has 0 unspecified atom stereocenters. The fourth-order valence-corrected chi connectivity index (χ4v) is 8.27. The minimum atomic E-state index is -1.10. The summed E-state index contributed by atoms with van der Waals surface area (Å²) < 4.78 is 28.9. The maximum Gasteiger partial charge on any atom is 0.264 e. The molecule has 1 fully saturated rings. The molecule has 0 amide bonds. The molecule has 2 aromatic carbocycles. The molecule has 0 radical (unpaired) electrons. The Kier molecular flexibility index (Phi) is 6.84. The van der Waals surface area contributed by atoms with Crippen molar-refractivity contribution in [1.82, 2.24) is 8.88 Å². The Hall–Kier alpha value is -1.58. The highest BCUT2D eigenvalue weighted by Gasteiger charge is 2.61. The predicted molar refractivity (Wildman–Crippen MR) is 124 cm³/mol. The van der Waals surface area contributed by atoms with Gasteiger partial charge in [0.1, 0.15) is 0 Å². The Morgan fingerprint density at radius 3 is 1.13 bits per heavy atom. The molecule has 8 heteroatoms. The smallest absolute Gasteiger partial charge is 0.264 e. The molecule has 0 N–H and O–H groups in total. The van der Waals surface area contributed by atoms with E-state index in [-0.39, 0.29) is 11.1 Å². The Labute approximate surface area is 183 Å². The van der Waals surface area contributed by atoms with E-state index in [2.05, 4.69) is 50.4 Å². The Bertz CT molecular complexity index is 787. The summed E-state index contributed by atoms with van der Waals surface area (Å²) >= 11 is 0. The highest BCUT2D eigenvalue weighted by molar-refractivity contribution is 7.78. The van der Waals surface area contributed by atoms with Crippen LogP contribution in [-0.2, 0) is 0 Å². The van der Waals surface area contributed by atoms with Crippen molar-refractivity contribution in [3.63, 3.8) is 0 Å². The molecule has 0 bridgehead atoms. The van der Waals surface area contributed by atoms with Crippen molar-refractivity contribution in [2.45, 2.75) is 52.6 Å². The summed E-state index contributed by atoms with van der Waals surface area (Å²) in [5, 5.41) is 0. The first-order valence-corrected chi connectivity index (χ1v) is 12.2. The third-order valence-electron chi connectivity index (χ3n) is 4.35. The van der Waals surface area contributed by atoms with Gasteiger partial charge < -0.3 is 18.5 Å². The molecular formula is C22H32N2O4P2. The van der Waals surface area contributed by atoms with Gasteiger partial charge in [-0.3, -0.25) is 0 Å². The molecule has 1 saturated heterocycles. The molecule has 1 aliphatic rings. The first kappa shape index (κ1) is 23.1. The molecule has 164 valence electrons. The molecule has 0 aromatic heterocycles. The van der Waals surface area contributed by atoms with Crippen LogP contribution in [0.3, 0.4) is 0 Å². The summed E-state index contributed by atoms with van der Waals surface area (Å²) in [7, 11) is 1.13. The first-order valence-electron chi connectivity index (χ1n) is 9.90. The lowest BCUT2D eigenvalue weighted by atomic mass is 10.1. The van der Waals surface area contributed by atoms with Gasteiger partial charge >= 0.3 is 0 Å². The van der Waals surface area contributed by atoms with Crippen LogP contribution in [0.25, 0.3) is 0 Å². The van der Waals surface area contributed by atoms with Crippen LogP contribution in [0.5, 0.6) is 23.0 Å². The van der Waals surface area contributed by atoms with Crippen LogP contribution in [-0.4, -0.2) is 34.2 Å². The van der Waals surface area contributed by atoms with E-state index in [1.807, 2.05) is 48.5 Å². The molecule has 0 aliphatic carbocycles. The van der Waals surface area contributed by atoms with Crippen molar-refractivity contribution < 1.29 is 18.5 Å². The first-order chi connectivity index (χ1) is 14.1. The molecule has 2 aromatic rings. The van der Waals surface area contributed by atoms with E-state index in [0.29, 0.717) is 0 Å². The van der Waals surface area contributed by atoms with Gasteiger partial charge in [-0.2, -0.15) is 8.88 Å². The highest BCUT2D eigenvalue weighted by atomic mass is 31.3. The van der Waals surface area contributed by atoms with E-state index in [1.54, 1.807) is 14.2 Å². The zero-order valence-electron chi connectivity index (χ0n) is 19.0. The number of hydrogen-bond donors (Lipinski definition) is 0. The molecule has 30 heavy (non-hydrogen) atoms. The van der Waals surface area contributed by atoms with Gasteiger partial charge in [0.15, 0.2) is 23.0 Å². The molecule has 0 atom stereocenters. The van der Waals surface area contributed by atoms with Crippen LogP contribution in [0.15, 0.2) is 48.5 Å². The lowest BCUT2D eigenvalue weighted by Crippen LogP contribution is -2.55. The van der Waals surface area contributed by atoms with Crippen LogP contribution in [0.2, 0.25) is 0 Å². The van der Waals surface area contributed by atoms with Crippen molar-refractivity contribution in [3.8, 4) is 23.0 Å². The summed E-state index contributed by atoms with van der Waals surface area (Å²) in [6.07, 6.45) is 0. The standard InChI is InChI=1S/C22H32N2O4P2/c1-21(2,3)23-29(27-19-15-11-9-13-17(19)25-7)24(22(4,5)6)30(23)28-20-16-12-10-14-18(20)26-8/h9-16H,1-8H3. The molecule has 3 rings (SSSR count). The molecule has 1 aliphatic heterocycles. The maximum atomic E-state index is 6.57. The monoisotopic (exact) mass is 450 g/mol. The average Bonchev–Trinajstić information content (AvgIpc) is 2.65. The van der Waals surface area contributed by atoms with Crippen LogP contribution >= 0.6 is 16.9 Å². The molecule has 0 spiro atoms. The van der Waals surface area contributed by atoms with Crippen molar-refractivity contribution >= 4 is 16.9 Å². The summed E-state index contributed by atoms with van der Waals surface area (Å²) in [6, 6.07) is 15.5. The zero-order valence-corrected chi connectivity index (χ0v) is 20.8. The van der Waals surface area contributed by atoms with E-state index in [1.165, 1.54) is 0 Å². The van der Waals surface area contributed by atoms with Crippen molar-refractivity contribution in [2.75, 3.05) is 14.2 Å². The maximum absolute atomic E-state index is 6.57. The number of benzene rings is 2. The number of ether oxygens (including phenoxy) is 2. The van der Waals surface area contributed by atoms with Crippen LogP contribution < -0.4 is 18.5 Å². The fraction of sp³-hybridized carbons (Fsp3) is 0.455. The van der Waals surface area contributed by atoms with E-state index in [0.717, 1.165) is 23.0 Å². The van der Waals surface area contributed by atoms with Crippen LogP contribution in [0.4, 0.5) is 0 Å². The lowest BCUT2D eigenvalue weighted by Gasteiger charge is -2.60. The summed E-state index contributed by atoms with van der Waals surface area (Å²) in [4.78, 5) is 0. The Morgan fingerprint density at radius 1 is 0.567 bits per heavy atom. The van der Waals surface area contributed by atoms with Gasteiger partial charge in [0.05, 0.1) is 14.2 Å². The molecule has 1 heterocycles. The Morgan fingerprint density at radius 2 is 0.867 bits per heavy atom. The minimum absolute atomic E-state index is 0.150. The van der Waals surface area contributed by atoms with Crippen molar-refractivity contribution in [2.24, 2.45) is 0 Å². The van der Waals surface area contributed by atoms with E-state index >= 15 is 0 Å². The molecular weight excluding hydrogens is 418 g/mol. The van der Waals surface area contributed by atoms with Gasteiger partial charge in [-0.15, -0.1) is 0 Å². The van der Waals surface area contributed by atoms with E-state index in [4.69, 9.17) is 18.5 Å². The SMILES string of the molecule is COc1ccccc1OP1N(C(C)(C)C)P(Oc2ccccc2OC)N1C(C)(C)C. The summed E-state index contributed by atoms with van der Waals surface area (Å²) in [5.74, 6) is 2.93. The second-order valence-corrected chi connectivity index (χ2v) is 12.5. The third kappa shape index (κ3) is 4.68. The third-order valence-corrected chi connectivity index (χ3v) is 10.6. The second kappa shape index (κ2) is 8.88. The lowest BCUT2D eigenvalue weighted by molar-refractivity contribution is 0.223.